The topological polar surface area (TPSA) is 52.6 Å². The van der Waals surface area contributed by atoms with Gasteiger partial charge in [0.2, 0.25) is 0 Å². The maximum atomic E-state index is 11.5. The molecule has 2 aromatic carbocycles. The van der Waals surface area contributed by atoms with Crippen LogP contribution < -0.4 is 10.2 Å². The van der Waals surface area contributed by atoms with Crippen molar-refractivity contribution in [1.82, 2.24) is 0 Å². The molecule has 0 aliphatic carbocycles. The Labute approximate surface area is 131 Å². The number of amides is 1. The van der Waals surface area contributed by atoms with Crippen LogP contribution in [-0.4, -0.2) is 18.1 Å². The Bertz CT molecular complexity index is 713. The number of aliphatic hydroxyl groups excluding tert-OH is 1. The van der Waals surface area contributed by atoms with Gasteiger partial charge in [0.15, 0.2) is 6.10 Å². The fourth-order valence-electron chi connectivity index (χ4n) is 2.42. The van der Waals surface area contributed by atoms with Crippen molar-refractivity contribution in [2.45, 2.75) is 13.0 Å². The largest absolute Gasteiger partial charge is 0.378 e. The second kappa shape index (κ2) is 5.16. The summed E-state index contributed by atoms with van der Waals surface area (Å²) in [4.78, 5) is 13.6. The number of hydrogen-bond acceptors (Lipinski definition) is 3. The first-order chi connectivity index (χ1) is 9.97. The first kappa shape index (κ1) is 14.1. The van der Waals surface area contributed by atoms with Gasteiger partial charge >= 0.3 is 0 Å². The molecule has 0 radical (unpaired) electrons. The highest BCUT2D eigenvalue weighted by Gasteiger charge is 2.30. The maximum absolute atomic E-state index is 11.5. The molecule has 0 saturated carbocycles. The van der Waals surface area contributed by atoms with Crippen molar-refractivity contribution in [3.05, 3.63) is 52.0 Å². The van der Waals surface area contributed by atoms with Gasteiger partial charge < -0.3 is 15.3 Å². The summed E-state index contributed by atoms with van der Waals surface area (Å²) < 4.78 is 0.833. The average Bonchev–Trinajstić information content (AvgIpc) is 2.73. The van der Waals surface area contributed by atoms with E-state index in [0.29, 0.717) is 11.3 Å². The Hall–Kier alpha value is -1.85. The van der Waals surface area contributed by atoms with Crippen molar-refractivity contribution in [3.63, 3.8) is 0 Å². The standard InChI is InChI=1S/C16H15BrN2O2/c1-9-3-5-10(6-4-9)19(2)14-8-13-11(7-12(14)17)15(20)16(21)18-13/h3-8,15,20H,1-2H3,(H,18,21). The number of benzene rings is 2. The van der Waals surface area contributed by atoms with Gasteiger partial charge in [-0.3, -0.25) is 4.79 Å². The Morgan fingerprint density at radius 2 is 1.90 bits per heavy atom. The van der Waals surface area contributed by atoms with Crippen molar-refractivity contribution in [2.24, 2.45) is 0 Å². The molecule has 1 aliphatic heterocycles. The highest BCUT2D eigenvalue weighted by atomic mass is 79.9. The lowest BCUT2D eigenvalue weighted by Gasteiger charge is -2.22. The molecule has 1 aliphatic rings. The molecule has 1 amide bonds. The van der Waals surface area contributed by atoms with Crippen molar-refractivity contribution in [1.29, 1.82) is 0 Å². The van der Waals surface area contributed by atoms with Crippen molar-refractivity contribution >= 4 is 38.9 Å². The smallest absolute Gasteiger partial charge is 0.257 e. The minimum absolute atomic E-state index is 0.382. The van der Waals surface area contributed by atoms with Gasteiger partial charge in [0.1, 0.15) is 0 Å². The zero-order chi connectivity index (χ0) is 15.1. The molecule has 1 atom stereocenters. The zero-order valence-corrected chi connectivity index (χ0v) is 13.3. The Morgan fingerprint density at radius 1 is 1.24 bits per heavy atom. The molecule has 1 heterocycles. The lowest BCUT2D eigenvalue weighted by atomic mass is 10.1. The molecule has 0 fully saturated rings. The third-order valence-electron chi connectivity index (χ3n) is 3.70. The molecule has 5 heteroatoms. The highest BCUT2D eigenvalue weighted by Crippen LogP contribution is 2.40. The number of carbonyl (C=O) groups excluding carboxylic acids is 1. The molecule has 4 nitrogen and oxygen atoms in total. The van der Waals surface area contributed by atoms with Crippen molar-refractivity contribution in [3.8, 4) is 0 Å². The van der Waals surface area contributed by atoms with Crippen molar-refractivity contribution in [2.75, 3.05) is 17.3 Å². The van der Waals surface area contributed by atoms with Crippen LogP contribution in [0.5, 0.6) is 0 Å². The number of carbonyl (C=O) groups is 1. The number of anilines is 3. The normalized spacial score (nSPS) is 16.6. The SMILES string of the molecule is Cc1ccc(N(C)c2cc3c(cc2Br)C(O)C(=O)N3)cc1. The number of halogens is 1. The van der Waals surface area contributed by atoms with E-state index >= 15 is 0 Å². The molecule has 3 rings (SSSR count). The summed E-state index contributed by atoms with van der Waals surface area (Å²) in [6.07, 6.45) is -1.09. The minimum atomic E-state index is -1.09. The van der Waals surface area contributed by atoms with E-state index in [0.717, 1.165) is 15.8 Å². The Morgan fingerprint density at radius 3 is 2.57 bits per heavy atom. The summed E-state index contributed by atoms with van der Waals surface area (Å²) in [5, 5.41) is 12.5. The van der Waals surface area contributed by atoms with E-state index in [1.54, 1.807) is 6.07 Å². The fourth-order valence-corrected chi connectivity index (χ4v) is 3.05. The fraction of sp³-hybridized carbons (Fsp3) is 0.188. The monoisotopic (exact) mass is 346 g/mol. The van der Waals surface area contributed by atoms with Gasteiger partial charge in [-0.05, 0) is 47.1 Å². The predicted molar refractivity (Wildman–Crippen MR) is 87.0 cm³/mol. The first-order valence-corrected chi connectivity index (χ1v) is 7.39. The summed E-state index contributed by atoms with van der Waals surface area (Å²) in [5.41, 5.74) is 4.44. The third-order valence-corrected chi connectivity index (χ3v) is 4.34. The predicted octanol–water partition coefficient (Wildman–Crippen LogP) is 3.51. The molecular weight excluding hydrogens is 332 g/mol. The van der Waals surface area contributed by atoms with Crippen LogP contribution in [0.15, 0.2) is 40.9 Å². The van der Waals surface area contributed by atoms with Crippen LogP contribution >= 0.6 is 15.9 Å². The summed E-state index contributed by atoms with van der Waals surface area (Å²) in [7, 11) is 1.96. The molecule has 21 heavy (non-hydrogen) atoms. The number of nitrogens with one attached hydrogen (secondary N) is 1. The molecule has 0 spiro atoms. The summed E-state index contributed by atoms with van der Waals surface area (Å²) >= 11 is 3.52. The van der Waals surface area contributed by atoms with E-state index in [1.807, 2.05) is 37.1 Å². The molecule has 0 aromatic heterocycles. The maximum Gasteiger partial charge on any atom is 0.257 e. The van der Waals surface area contributed by atoms with E-state index < -0.39 is 6.10 Å². The van der Waals surface area contributed by atoms with Gasteiger partial charge in [-0.2, -0.15) is 0 Å². The molecule has 0 saturated heterocycles. The molecule has 2 aromatic rings. The third kappa shape index (κ3) is 2.43. The van der Waals surface area contributed by atoms with Crippen LogP contribution in [0.25, 0.3) is 0 Å². The van der Waals surface area contributed by atoms with Gasteiger partial charge in [-0.15, -0.1) is 0 Å². The quantitative estimate of drug-likeness (QED) is 0.874. The van der Waals surface area contributed by atoms with Crippen LogP contribution in [0.1, 0.15) is 17.2 Å². The zero-order valence-electron chi connectivity index (χ0n) is 11.7. The van der Waals surface area contributed by atoms with Gasteiger partial charge in [-0.25, -0.2) is 0 Å². The second-order valence-corrected chi connectivity index (χ2v) is 6.03. The van der Waals surface area contributed by atoms with E-state index in [9.17, 15) is 9.90 Å². The Kier molecular flexibility index (Phi) is 3.47. The van der Waals surface area contributed by atoms with Crippen LogP contribution in [0.2, 0.25) is 0 Å². The summed E-state index contributed by atoms with van der Waals surface area (Å²) in [5.74, 6) is -0.382. The number of aliphatic hydroxyl groups is 1. The van der Waals surface area contributed by atoms with E-state index in [2.05, 4.69) is 33.4 Å². The molecular formula is C16H15BrN2O2. The summed E-state index contributed by atoms with van der Waals surface area (Å²) in [6.45, 7) is 2.05. The molecule has 0 bridgehead atoms. The molecule has 2 N–H and O–H groups in total. The Balaban J connectivity index is 2.02. The number of nitrogens with zero attached hydrogens (tertiary/aromatic N) is 1. The molecule has 108 valence electrons. The lowest BCUT2D eigenvalue weighted by molar-refractivity contribution is -0.123. The van der Waals surface area contributed by atoms with E-state index in [-0.39, 0.29) is 5.91 Å². The van der Waals surface area contributed by atoms with Gasteiger partial charge in [-0.1, -0.05) is 17.7 Å². The molecule has 1 unspecified atom stereocenters. The second-order valence-electron chi connectivity index (χ2n) is 5.18. The van der Waals surface area contributed by atoms with Crippen LogP contribution in [0.4, 0.5) is 17.1 Å². The number of rotatable bonds is 2. The highest BCUT2D eigenvalue weighted by molar-refractivity contribution is 9.10. The average molecular weight is 347 g/mol. The van der Waals surface area contributed by atoms with Crippen LogP contribution in [-0.2, 0) is 4.79 Å². The van der Waals surface area contributed by atoms with Crippen molar-refractivity contribution < 1.29 is 9.90 Å². The van der Waals surface area contributed by atoms with Gasteiger partial charge in [0, 0.05) is 28.5 Å². The number of fused-ring (bicyclic) bond motifs is 1. The van der Waals surface area contributed by atoms with E-state index in [4.69, 9.17) is 0 Å². The van der Waals surface area contributed by atoms with E-state index in [1.165, 1.54) is 5.56 Å². The summed E-state index contributed by atoms with van der Waals surface area (Å²) in [6, 6.07) is 11.9. The number of aryl methyl sites for hydroxylation is 1. The van der Waals surface area contributed by atoms with Crippen LogP contribution in [0, 0.1) is 6.92 Å². The van der Waals surface area contributed by atoms with Crippen LogP contribution in [0.3, 0.4) is 0 Å². The minimum Gasteiger partial charge on any atom is -0.378 e. The first-order valence-electron chi connectivity index (χ1n) is 6.60. The lowest BCUT2D eigenvalue weighted by Crippen LogP contribution is -2.10. The number of hydrogen-bond donors (Lipinski definition) is 2. The van der Waals surface area contributed by atoms with Gasteiger partial charge in [0.25, 0.3) is 5.91 Å². The van der Waals surface area contributed by atoms with Gasteiger partial charge in [0.05, 0.1) is 5.69 Å².